The number of aliphatic carboxylic acids is 1. The van der Waals surface area contributed by atoms with Crippen LogP contribution in [0.4, 0.5) is 0 Å². The fraction of sp³-hybridized carbons (Fsp3) is 0.667. The molecule has 114 valence electrons. The number of carbonyl (C=O) groups is 3. The number of hydrogen-bond donors (Lipinski definition) is 1. The van der Waals surface area contributed by atoms with Crippen LogP contribution in [0, 0.1) is 23.7 Å². The standard InChI is InChI=1S/C15H19NO5/c1-21-15(20)10-3-2-6-16(10)13(17)11-8-4-5-9(7-8)12(11)14(18)19/h4-5,8-12H,2-3,6-7H2,1H3,(H,18,19)/t8-,9-,10-,11-,12-/m0/s1. The van der Waals surface area contributed by atoms with E-state index in [4.69, 9.17) is 4.74 Å². The second-order valence-corrected chi connectivity index (χ2v) is 6.05. The minimum Gasteiger partial charge on any atom is -0.481 e. The van der Waals surface area contributed by atoms with Gasteiger partial charge >= 0.3 is 11.9 Å². The largest absolute Gasteiger partial charge is 0.481 e. The van der Waals surface area contributed by atoms with E-state index in [0.717, 1.165) is 12.8 Å². The summed E-state index contributed by atoms with van der Waals surface area (Å²) in [4.78, 5) is 37.6. The molecule has 2 aliphatic carbocycles. The Kier molecular flexibility index (Phi) is 3.47. The van der Waals surface area contributed by atoms with E-state index in [1.807, 2.05) is 12.2 Å². The zero-order valence-electron chi connectivity index (χ0n) is 11.9. The molecule has 21 heavy (non-hydrogen) atoms. The maximum atomic E-state index is 12.8. The van der Waals surface area contributed by atoms with Crippen molar-refractivity contribution in [1.29, 1.82) is 0 Å². The highest BCUT2D eigenvalue weighted by Crippen LogP contribution is 2.49. The minimum atomic E-state index is -0.918. The Morgan fingerprint density at radius 2 is 1.86 bits per heavy atom. The second kappa shape index (κ2) is 5.16. The van der Waals surface area contributed by atoms with Crippen molar-refractivity contribution in [3.63, 3.8) is 0 Å². The van der Waals surface area contributed by atoms with Crippen molar-refractivity contribution in [2.24, 2.45) is 23.7 Å². The predicted octanol–water partition coefficient (Wildman–Crippen LogP) is 0.673. The van der Waals surface area contributed by atoms with Crippen LogP contribution in [0.15, 0.2) is 12.2 Å². The smallest absolute Gasteiger partial charge is 0.328 e. The van der Waals surface area contributed by atoms with Gasteiger partial charge in [0, 0.05) is 6.54 Å². The SMILES string of the molecule is COC(=O)[C@@H]1CCCN1C(=O)[C@@H]1[C@@H](C(=O)O)[C@H]2C=C[C@H]1C2. The van der Waals surface area contributed by atoms with Crippen molar-refractivity contribution < 1.29 is 24.2 Å². The molecule has 0 unspecified atom stereocenters. The molecule has 1 aliphatic heterocycles. The lowest BCUT2D eigenvalue weighted by Gasteiger charge is -2.30. The monoisotopic (exact) mass is 293 g/mol. The number of ether oxygens (including phenoxy) is 1. The molecule has 0 spiro atoms. The zero-order valence-corrected chi connectivity index (χ0v) is 11.9. The molecule has 1 amide bonds. The summed E-state index contributed by atoms with van der Waals surface area (Å²) < 4.78 is 4.75. The molecule has 3 rings (SSSR count). The molecule has 0 radical (unpaired) electrons. The summed E-state index contributed by atoms with van der Waals surface area (Å²) in [6.45, 7) is 0.503. The Morgan fingerprint density at radius 3 is 2.48 bits per heavy atom. The molecule has 0 aromatic carbocycles. The molecular formula is C15H19NO5. The van der Waals surface area contributed by atoms with Crippen molar-refractivity contribution in [1.82, 2.24) is 4.90 Å². The van der Waals surface area contributed by atoms with Gasteiger partial charge in [0.25, 0.3) is 0 Å². The molecule has 1 N–H and O–H groups in total. The molecule has 2 bridgehead atoms. The number of esters is 1. The number of fused-ring (bicyclic) bond motifs is 2. The Labute approximate surface area is 122 Å². The van der Waals surface area contributed by atoms with Gasteiger partial charge in [0.1, 0.15) is 6.04 Å². The first kappa shape index (κ1) is 14.1. The van der Waals surface area contributed by atoms with Gasteiger partial charge in [-0.25, -0.2) is 4.79 Å². The number of carboxylic acids is 1. The Bertz CT molecular complexity index is 514. The van der Waals surface area contributed by atoms with Gasteiger partial charge < -0.3 is 14.7 Å². The van der Waals surface area contributed by atoms with Crippen molar-refractivity contribution in [2.45, 2.75) is 25.3 Å². The Hall–Kier alpha value is -1.85. The lowest BCUT2D eigenvalue weighted by molar-refractivity contribution is -0.156. The molecule has 1 saturated heterocycles. The van der Waals surface area contributed by atoms with E-state index in [1.165, 1.54) is 12.0 Å². The van der Waals surface area contributed by atoms with Gasteiger partial charge in [0.15, 0.2) is 0 Å². The van der Waals surface area contributed by atoms with Crippen molar-refractivity contribution >= 4 is 17.8 Å². The summed E-state index contributed by atoms with van der Waals surface area (Å²) in [7, 11) is 1.31. The number of methoxy groups -OCH3 is 1. The van der Waals surface area contributed by atoms with Crippen molar-refractivity contribution in [3.8, 4) is 0 Å². The van der Waals surface area contributed by atoms with Crippen LogP contribution in [0.2, 0.25) is 0 Å². The number of hydrogen-bond acceptors (Lipinski definition) is 4. The summed E-state index contributed by atoms with van der Waals surface area (Å²) in [5.41, 5.74) is 0. The number of carbonyl (C=O) groups excluding carboxylic acids is 2. The van der Waals surface area contributed by atoms with E-state index in [2.05, 4.69) is 0 Å². The van der Waals surface area contributed by atoms with E-state index < -0.39 is 29.8 Å². The highest BCUT2D eigenvalue weighted by atomic mass is 16.5. The van der Waals surface area contributed by atoms with Gasteiger partial charge in [-0.1, -0.05) is 12.2 Å². The first-order valence-corrected chi connectivity index (χ1v) is 7.34. The topological polar surface area (TPSA) is 83.9 Å². The Balaban J connectivity index is 1.83. The molecule has 2 fully saturated rings. The summed E-state index contributed by atoms with van der Waals surface area (Å²) in [6.07, 6.45) is 5.93. The quantitative estimate of drug-likeness (QED) is 0.611. The minimum absolute atomic E-state index is 0.0116. The molecule has 5 atom stereocenters. The van der Waals surface area contributed by atoms with E-state index in [0.29, 0.717) is 13.0 Å². The van der Waals surface area contributed by atoms with Crippen LogP contribution < -0.4 is 0 Å². The number of likely N-dealkylation sites (tertiary alicyclic amines) is 1. The third-order valence-corrected chi connectivity index (χ3v) is 5.04. The van der Waals surface area contributed by atoms with Crippen LogP contribution in [-0.4, -0.2) is 47.5 Å². The third kappa shape index (κ3) is 2.13. The number of allylic oxidation sites excluding steroid dienone is 2. The van der Waals surface area contributed by atoms with Gasteiger partial charge in [0.05, 0.1) is 18.9 Å². The summed E-state index contributed by atoms with van der Waals surface area (Å²) in [5.74, 6) is -2.80. The molecule has 1 heterocycles. The second-order valence-electron chi connectivity index (χ2n) is 6.05. The average molecular weight is 293 g/mol. The van der Waals surface area contributed by atoms with E-state index in [-0.39, 0.29) is 17.7 Å². The number of nitrogens with zero attached hydrogens (tertiary/aromatic N) is 1. The molecule has 0 aromatic rings. The van der Waals surface area contributed by atoms with E-state index in [1.54, 1.807) is 0 Å². The van der Waals surface area contributed by atoms with E-state index >= 15 is 0 Å². The molecule has 6 heteroatoms. The summed E-state index contributed by atoms with van der Waals surface area (Å²) in [5, 5.41) is 9.42. The lowest BCUT2D eigenvalue weighted by Crippen LogP contribution is -2.47. The van der Waals surface area contributed by atoms with Gasteiger partial charge in [-0.05, 0) is 31.1 Å². The molecular weight excluding hydrogens is 274 g/mol. The van der Waals surface area contributed by atoms with Crippen molar-refractivity contribution in [3.05, 3.63) is 12.2 Å². The van der Waals surface area contributed by atoms with Crippen LogP contribution in [0.3, 0.4) is 0 Å². The van der Waals surface area contributed by atoms with Gasteiger partial charge in [-0.2, -0.15) is 0 Å². The van der Waals surface area contributed by atoms with Gasteiger partial charge in [-0.15, -0.1) is 0 Å². The maximum absolute atomic E-state index is 12.8. The summed E-state index contributed by atoms with van der Waals surface area (Å²) >= 11 is 0. The van der Waals surface area contributed by atoms with Gasteiger partial charge in [0.2, 0.25) is 5.91 Å². The summed E-state index contributed by atoms with van der Waals surface area (Å²) in [6, 6.07) is -0.556. The number of amides is 1. The lowest BCUT2D eigenvalue weighted by atomic mass is 9.82. The molecule has 3 aliphatic rings. The van der Waals surface area contributed by atoms with Crippen LogP contribution in [-0.2, 0) is 19.1 Å². The van der Waals surface area contributed by atoms with Gasteiger partial charge in [-0.3, -0.25) is 9.59 Å². The van der Waals surface area contributed by atoms with Crippen LogP contribution in [0.5, 0.6) is 0 Å². The first-order valence-electron chi connectivity index (χ1n) is 7.34. The highest BCUT2D eigenvalue weighted by Gasteiger charge is 2.54. The zero-order chi connectivity index (χ0) is 15.1. The fourth-order valence-electron chi connectivity index (χ4n) is 4.10. The van der Waals surface area contributed by atoms with Crippen LogP contribution >= 0.6 is 0 Å². The molecule has 1 saturated carbocycles. The Morgan fingerprint density at radius 1 is 1.19 bits per heavy atom. The third-order valence-electron chi connectivity index (χ3n) is 5.04. The molecule has 6 nitrogen and oxygen atoms in total. The number of carboxylic acid groups (broad SMARTS) is 1. The van der Waals surface area contributed by atoms with E-state index in [9.17, 15) is 19.5 Å². The maximum Gasteiger partial charge on any atom is 0.328 e. The first-order chi connectivity index (χ1) is 10.0. The molecule has 0 aromatic heterocycles. The fourth-order valence-corrected chi connectivity index (χ4v) is 4.10. The highest BCUT2D eigenvalue weighted by molar-refractivity contribution is 5.90. The normalized spacial score (nSPS) is 37.0. The predicted molar refractivity (Wildman–Crippen MR) is 72.1 cm³/mol. The average Bonchev–Trinajstić information content (AvgIpc) is 3.18. The van der Waals surface area contributed by atoms with Crippen LogP contribution in [0.1, 0.15) is 19.3 Å². The van der Waals surface area contributed by atoms with Crippen LogP contribution in [0.25, 0.3) is 0 Å². The van der Waals surface area contributed by atoms with Crippen molar-refractivity contribution in [2.75, 3.05) is 13.7 Å². The number of rotatable bonds is 3.